The zero-order chi connectivity index (χ0) is 10.6. The van der Waals surface area contributed by atoms with Crippen LogP contribution in [0.2, 0.25) is 0 Å². The average Bonchev–Trinajstić information content (AvgIpc) is 1.55. The summed E-state index contributed by atoms with van der Waals surface area (Å²) in [6, 6.07) is 0. The minimum atomic E-state index is -4.67. The van der Waals surface area contributed by atoms with Crippen LogP contribution in [-0.4, -0.2) is 77.5 Å². The van der Waals surface area contributed by atoms with Crippen LogP contribution in [0.1, 0.15) is 0 Å². The van der Waals surface area contributed by atoms with E-state index < -0.39 is 19.0 Å². The van der Waals surface area contributed by atoms with Crippen molar-refractivity contribution in [1.82, 2.24) is 0 Å². The molecule has 0 rings (SSSR count). The van der Waals surface area contributed by atoms with Crippen LogP contribution < -0.4 is 0 Å². The van der Waals surface area contributed by atoms with Gasteiger partial charge < -0.3 is 0 Å². The maximum atomic E-state index is 8.74. The molecule has 0 saturated carbocycles. The first-order valence-corrected chi connectivity index (χ1v) is 5.39. The fraction of sp³-hybridized carbons (Fsp3) is 1.00. The Morgan fingerprint density at radius 3 is 1.15 bits per heavy atom. The third-order valence-electron chi connectivity index (χ3n) is 0.247. The summed E-state index contributed by atoms with van der Waals surface area (Å²) >= 11 is 25.7. The summed E-state index contributed by atoms with van der Waals surface area (Å²) in [5.74, 6) is 0. The molecule has 0 aromatic heterocycles. The summed E-state index contributed by atoms with van der Waals surface area (Å²) in [4.78, 5) is -0.961. The van der Waals surface area contributed by atoms with Gasteiger partial charge in [-0.15, -0.1) is 23.2 Å². The van der Waals surface area contributed by atoms with Crippen molar-refractivity contribution in [3.05, 3.63) is 0 Å². The van der Waals surface area contributed by atoms with Gasteiger partial charge in [0.05, 0.1) is 0 Å². The van der Waals surface area contributed by atoms with Crippen molar-refractivity contribution in [2.24, 2.45) is 0 Å². The zero-order valence-corrected chi connectivity index (χ0v) is 9.68. The van der Waals surface area contributed by atoms with Crippen LogP contribution >= 0.6 is 58.0 Å². The Morgan fingerprint density at radius 1 is 1.08 bits per heavy atom. The topological polar surface area (TPSA) is 74.6 Å². The predicted molar refractivity (Wildman–Crippen MR) is 57.1 cm³/mol. The fourth-order valence-corrected chi connectivity index (χ4v) is 0. The Bertz CT molecular complexity index is 201. The van der Waals surface area contributed by atoms with Crippen molar-refractivity contribution >= 4 is 120 Å². The molecule has 0 fully saturated rings. The average molecular weight is 340 g/mol. The molecule has 0 bridgehead atoms. The van der Waals surface area contributed by atoms with E-state index in [0.29, 0.717) is 0 Å². The number of hydrogen-bond donors (Lipinski definition) is 2. The van der Waals surface area contributed by atoms with E-state index in [1.807, 2.05) is 0 Å². The van der Waals surface area contributed by atoms with Crippen LogP contribution in [0.4, 0.5) is 0 Å². The minimum absolute atomic E-state index is 0. The summed E-state index contributed by atoms with van der Waals surface area (Å²) in [7, 11) is -4.67. The van der Waals surface area contributed by atoms with Crippen molar-refractivity contribution in [2.45, 2.75) is 8.63 Å². The van der Waals surface area contributed by atoms with Gasteiger partial charge in [-0.2, -0.15) is 8.42 Å². The van der Waals surface area contributed by atoms with E-state index in [9.17, 15) is 0 Å². The third kappa shape index (κ3) is 31.3. The molecule has 4 nitrogen and oxygen atoms in total. The summed E-state index contributed by atoms with van der Waals surface area (Å²) in [6.45, 7) is 0. The van der Waals surface area contributed by atoms with E-state index >= 15 is 0 Å². The molecule has 0 radical (unpaired) electrons. The molecule has 0 amide bonds. The van der Waals surface area contributed by atoms with Gasteiger partial charge >= 0.3 is 61.8 Å². The second-order valence-corrected chi connectivity index (χ2v) is 5.65. The molecular formula is C2H4Cl5KO4S. The second kappa shape index (κ2) is 9.04. The molecule has 13 heavy (non-hydrogen) atoms. The van der Waals surface area contributed by atoms with Gasteiger partial charge in [0.25, 0.3) is 0 Å². The Labute approximate surface area is 143 Å². The molecular weight excluding hydrogens is 336 g/mol. The Hall–Kier alpha value is 2.96. The van der Waals surface area contributed by atoms with Gasteiger partial charge in [0.2, 0.25) is 3.79 Å². The van der Waals surface area contributed by atoms with E-state index in [0.717, 1.165) is 0 Å². The van der Waals surface area contributed by atoms with Gasteiger partial charge in [-0.05, 0) is 0 Å². The molecule has 0 saturated heterocycles. The summed E-state index contributed by atoms with van der Waals surface area (Å²) < 4.78 is 30.0. The quantitative estimate of drug-likeness (QED) is 0.401. The van der Waals surface area contributed by atoms with Crippen LogP contribution in [0.5, 0.6) is 0 Å². The van der Waals surface area contributed by atoms with Gasteiger partial charge in [0.15, 0.2) is 4.84 Å². The Balaban J connectivity index is -0.000000150. The van der Waals surface area contributed by atoms with Gasteiger partial charge in [0.1, 0.15) is 0 Å². The second-order valence-electron chi connectivity index (χ2n) is 1.29. The van der Waals surface area contributed by atoms with E-state index in [4.69, 9.17) is 75.5 Å². The zero-order valence-electron chi connectivity index (χ0n) is 5.09. The van der Waals surface area contributed by atoms with Crippen molar-refractivity contribution in [2.75, 3.05) is 0 Å². The van der Waals surface area contributed by atoms with Crippen LogP contribution in [-0.2, 0) is 10.4 Å². The molecule has 0 aromatic carbocycles. The predicted octanol–water partition coefficient (Wildman–Crippen LogP) is 1.86. The van der Waals surface area contributed by atoms with Crippen molar-refractivity contribution < 1.29 is 17.5 Å². The molecule has 78 valence electrons. The number of hydrogen-bond acceptors (Lipinski definition) is 2. The SMILES string of the molecule is ClC(Cl)C(Cl)(Cl)Cl.O=S(=O)(O)O.[KH]. The van der Waals surface area contributed by atoms with Gasteiger partial charge in [0, 0.05) is 0 Å². The first-order valence-electron chi connectivity index (χ1n) is 1.99. The van der Waals surface area contributed by atoms with E-state index in [1.165, 1.54) is 0 Å². The molecule has 11 heteroatoms. The molecule has 0 unspecified atom stereocenters. The molecule has 0 heterocycles. The van der Waals surface area contributed by atoms with Crippen LogP contribution in [0.15, 0.2) is 0 Å². The summed E-state index contributed by atoms with van der Waals surface area (Å²) in [5, 5.41) is 0. The summed E-state index contributed by atoms with van der Waals surface area (Å²) in [5.41, 5.74) is 0. The van der Waals surface area contributed by atoms with Crippen LogP contribution in [0.25, 0.3) is 0 Å². The Morgan fingerprint density at radius 2 is 1.15 bits per heavy atom. The molecule has 0 aliphatic rings. The van der Waals surface area contributed by atoms with Gasteiger partial charge in [-0.3, -0.25) is 9.11 Å². The van der Waals surface area contributed by atoms with Crippen LogP contribution in [0.3, 0.4) is 0 Å². The van der Waals surface area contributed by atoms with Crippen molar-refractivity contribution in [3.63, 3.8) is 0 Å². The van der Waals surface area contributed by atoms with Crippen molar-refractivity contribution in [3.8, 4) is 0 Å². The molecule has 2 N–H and O–H groups in total. The molecule has 0 atom stereocenters. The van der Waals surface area contributed by atoms with Gasteiger partial charge in [-0.1, -0.05) is 34.8 Å². The monoisotopic (exact) mass is 338 g/mol. The van der Waals surface area contributed by atoms with E-state index in [1.54, 1.807) is 0 Å². The first-order chi connectivity index (χ1) is 4.94. The number of alkyl halides is 5. The van der Waals surface area contributed by atoms with E-state index in [-0.39, 0.29) is 51.4 Å². The van der Waals surface area contributed by atoms with Crippen molar-refractivity contribution in [1.29, 1.82) is 0 Å². The summed E-state index contributed by atoms with van der Waals surface area (Å²) in [6.07, 6.45) is 0. The van der Waals surface area contributed by atoms with Gasteiger partial charge in [-0.25, -0.2) is 0 Å². The van der Waals surface area contributed by atoms with Crippen LogP contribution in [0, 0.1) is 0 Å². The molecule has 0 aliphatic heterocycles. The molecule has 0 spiro atoms. The molecule has 0 aromatic rings. The number of halogens is 5. The third-order valence-corrected chi connectivity index (χ3v) is 2.23. The number of rotatable bonds is 0. The molecule has 0 aliphatic carbocycles. The standard InChI is InChI=1S/C2HCl5.K.H2O4S.H/c3-1(4)2(5,6)7;;1-5(2,3)4;/h1H;;(H2,1,2,3,4);. The fourth-order valence-electron chi connectivity index (χ4n) is 0. The normalized spacial score (nSPS) is 11.4. The Kier molecular flexibility index (Phi) is 14.8. The maximum absolute atomic E-state index is 8.74. The van der Waals surface area contributed by atoms with E-state index in [2.05, 4.69) is 0 Å². The first kappa shape index (κ1) is 21.3.